The zero-order chi connectivity index (χ0) is 13.8. The summed E-state index contributed by atoms with van der Waals surface area (Å²) in [4.78, 5) is 23.9. The van der Waals surface area contributed by atoms with E-state index in [9.17, 15) is 9.59 Å². The number of carbonyl (C=O) groups is 2. The number of hydrogen-bond donors (Lipinski definition) is 2. The highest BCUT2D eigenvalue weighted by atomic mass is 16.2. The van der Waals surface area contributed by atoms with Gasteiger partial charge in [0.05, 0.1) is 12.1 Å². The summed E-state index contributed by atoms with van der Waals surface area (Å²) >= 11 is 0. The lowest BCUT2D eigenvalue weighted by atomic mass is 9.87. The Morgan fingerprint density at radius 3 is 1.82 bits per heavy atom. The Balaban J connectivity index is 4.54. The molecule has 0 bridgehead atoms. The van der Waals surface area contributed by atoms with Gasteiger partial charge in [0.25, 0.3) is 0 Å². The Morgan fingerprint density at radius 2 is 1.53 bits per heavy atom. The Kier molecular flexibility index (Phi) is 5.82. The predicted molar refractivity (Wildman–Crippen MR) is 69.8 cm³/mol. The van der Waals surface area contributed by atoms with E-state index in [4.69, 9.17) is 0 Å². The molecule has 0 saturated carbocycles. The second-order valence-corrected chi connectivity index (χ2v) is 5.85. The third-order valence-electron chi connectivity index (χ3n) is 2.75. The lowest BCUT2D eigenvalue weighted by Crippen LogP contribution is -2.52. The maximum absolute atomic E-state index is 11.9. The average molecular weight is 242 g/mol. The molecule has 17 heavy (non-hydrogen) atoms. The third-order valence-corrected chi connectivity index (χ3v) is 2.75. The van der Waals surface area contributed by atoms with Gasteiger partial charge in [-0.3, -0.25) is 9.59 Å². The Bertz CT molecular complexity index is 280. The van der Waals surface area contributed by atoms with Crippen LogP contribution < -0.4 is 10.6 Å². The number of ketones is 1. The monoisotopic (exact) mass is 242 g/mol. The van der Waals surface area contributed by atoms with Gasteiger partial charge in [0.1, 0.15) is 0 Å². The van der Waals surface area contributed by atoms with Crippen molar-refractivity contribution in [3.8, 4) is 0 Å². The van der Waals surface area contributed by atoms with E-state index >= 15 is 0 Å². The lowest BCUT2D eigenvalue weighted by molar-refractivity contribution is -0.133. The summed E-state index contributed by atoms with van der Waals surface area (Å²) < 4.78 is 0. The second kappa shape index (κ2) is 6.15. The van der Waals surface area contributed by atoms with Crippen molar-refractivity contribution < 1.29 is 9.59 Å². The minimum absolute atomic E-state index is 0.0458. The molecule has 2 atom stereocenters. The summed E-state index contributed by atoms with van der Waals surface area (Å²) in [6, 6.07) is -0.706. The summed E-state index contributed by atoms with van der Waals surface area (Å²) in [6.07, 6.45) is 0. The molecule has 100 valence electrons. The summed E-state index contributed by atoms with van der Waals surface area (Å²) in [6.45, 7) is 11.2. The first-order valence-corrected chi connectivity index (χ1v) is 6.13. The van der Waals surface area contributed by atoms with Gasteiger partial charge in [0.2, 0.25) is 5.91 Å². The fourth-order valence-corrected chi connectivity index (χ4v) is 1.79. The van der Waals surface area contributed by atoms with Crippen LogP contribution in [0, 0.1) is 11.3 Å². The van der Waals surface area contributed by atoms with Crippen LogP contribution in [0.3, 0.4) is 0 Å². The number of Topliss-reactive ketones (excluding diaryl/α,β-unsaturated/α-hetero) is 1. The van der Waals surface area contributed by atoms with Crippen molar-refractivity contribution in [2.24, 2.45) is 11.3 Å². The number of amides is 1. The molecule has 0 aliphatic rings. The zero-order valence-corrected chi connectivity index (χ0v) is 12.0. The van der Waals surface area contributed by atoms with Gasteiger partial charge in [-0.25, -0.2) is 0 Å². The number of hydrogen-bond acceptors (Lipinski definition) is 3. The van der Waals surface area contributed by atoms with Crippen LogP contribution in [0.15, 0.2) is 0 Å². The molecule has 1 amide bonds. The SMILES string of the molecule is CN[C@H](C(=O)N[C@@H](C)C(=O)C(C)(C)C)C(C)C. The van der Waals surface area contributed by atoms with E-state index in [1.54, 1.807) is 14.0 Å². The minimum Gasteiger partial charge on any atom is -0.345 e. The Hall–Kier alpha value is -0.900. The number of nitrogens with one attached hydrogen (secondary N) is 2. The standard InChI is InChI=1S/C13H26N2O2/c1-8(2)10(14-7)12(17)15-9(3)11(16)13(4,5)6/h8-10,14H,1-7H3,(H,15,17)/t9-,10-/m0/s1. The van der Waals surface area contributed by atoms with Gasteiger partial charge in [-0.1, -0.05) is 34.6 Å². The molecule has 0 radical (unpaired) electrons. The van der Waals surface area contributed by atoms with Gasteiger partial charge in [-0.15, -0.1) is 0 Å². The van der Waals surface area contributed by atoms with Crippen molar-refractivity contribution in [3.05, 3.63) is 0 Å². The fraction of sp³-hybridized carbons (Fsp3) is 0.846. The molecular weight excluding hydrogens is 216 g/mol. The largest absolute Gasteiger partial charge is 0.345 e. The van der Waals surface area contributed by atoms with E-state index in [0.29, 0.717) is 0 Å². The summed E-state index contributed by atoms with van der Waals surface area (Å²) in [7, 11) is 1.75. The van der Waals surface area contributed by atoms with Gasteiger partial charge in [-0.2, -0.15) is 0 Å². The van der Waals surface area contributed by atoms with Crippen LogP contribution in [0.4, 0.5) is 0 Å². The molecule has 0 aliphatic carbocycles. The predicted octanol–water partition coefficient (Wildman–Crippen LogP) is 1.35. The van der Waals surface area contributed by atoms with Crippen LogP contribution in [0.5, 0.6) is 0 Å². The van der Waals surface area contributed by atoms with Gasteiger partial charge in [0, 0.05) is 5.41 Å². The van der Waals surface area contributed by atoms with Gasteiger partial charge < -0.3 is 10.6 Å². The molecule has 0 rings (SSSR count). The molecule has 0 aromatic rings. The normalized spacial score (nSPS) is 15.5. The Labute approximate surface area is 105 Å². The highest BCUT2D eigenvalue weighted by molar-refractivity contribution is 5.93. The molecule has 0 saturated heterocycles. The molecule has 0 aromatic carbocycles. The van der Waals surface area contributed by atoms with Gasteiger partial charge in [-0.05, 0) is 19.9 Å². The van der Waals surface area contributed by atoms with Crippen molar-refractivity contribution in [2.45, 2.75) is 53.6 Å². The second-order valence-electron chi connectivity index (χ2n) is 5.85. The van der Waals surface area contributed by atoms with Crippen LogP contribution in [-0.2, 0) is 9.59 Å². The average Bonchev–Trinajstić information content (AvgIpc) is 2.15. The topological polar surface area (TPSA) is 58.2 Å². The van der Waals surface area contributed by atoms with Crippen molar-refractivity contribution >= 4 is 11.7 Å². The molecule has 0 aromatic heterocycles. The first-order valence-electron chi connectivity index (χ1n) is 6.13. The van der Waals surface area contributed by atoms with E-state index in [1.165, 1.54) is 0 Å². The van der Waals surface area contributed by atoms with Crippen LogP contribution in [0.2, 0.25) is 0 Å². The molecule has 4 nitrogen and oxygen atoms in total. The van der Waals surface area contributed by atoms with Crippen LogP contribution in [-0.4, -0.2) is 30.8 Å². The number of rotatable bonds is 5. The van der Waals surface area contributed by atoms with Crippen molar-refractivity contribution in [2.75, 3.05) is 7.05 Å². The first kappa shape index (κ1) is 16.1. The van der Waals surface area contributed by atoms with Crippen LogP contribution in [0.25, 0.3) is 0 Å². The number of likely N-dealkylation sites (N-methyl/N-ethyl adjacent to an activating group) is 1. The maximum Gasteiger partial charge on any atom is 0.237 e. The molecule has 0 fully saturated rings. The van der Waals surface area contributed by atoms with E-state index in [-0.39, 0.29) is 23.7 Å². The zero-order valence-electron chi connectivity index (χ0n) is 12.0. The van der Waals surface area contributed by atoms with Crippen molar-refractivity contribution in [3.63, 3.8) is 0 Å². The smallest absolute Gasteiger partial charge is 0.237 e. The molecular formula is C13H26N2O2. The Morgan fingerprint density at radius 1 is 1.06 bits per heavy atom. The minimum atomic E-state index is -0.447. The van der Waals surface area contributed by atoms with Gasteiger partial charge in [0.15, 0.2) is 5.78 Å². The third kappa shape index (κ3) is 4.86. The van der Waals surface area contributed by atoms with E-state index in [2.05, 4.69) is 10.6 Å². The van der Waals surface area contributed by atoms with Crippen LogP contribution >= 0.6 is 0 Å². The van der Waals surface area contributed by atoms with Crippen molar-refractivity contribution in [1.29, 1.82) is 0 Å². The summed E-state index contributed by atoms with van der Waals surface area (Å²) in [5, 5.41) is 5.73. The lowest BCUT2D eigenvalue weighted by Gasteiger charge is -2.25. The molecule has 0 aliphatic heterocycles. The highest BCUT2D eigenvalue weighted by Gasteiger charge is 2.29. The summed E-state index contributed by atoms with van der Waals surface area (Å²) in [5.41, 5.74) is -0.431. The maximum atomic E-state index is 11.9. The van der Waals surface area contributed by atoms with Gasteiger partial charge >= 0.3 is 0 Å². The molecule has 0 heterocycles. The molecule has 0 unspecified atom stereocenters. The fourth-order valence-electron chi connectivity index (χ4n) is 1.79. The molecule has 0 spiro atoms. The highest BCUT2D eigenvalue weighted by Crippen LogP contribution is 2.16. The molecule has 4 heteroatoms. The molecule has 2 N–H and O–H groups in total. The summed E-state index contributed by atoms with van der Waals surface area (Å²) in [5.74, 6) is 0.119. The van der Waals surface area contributed by atoms with E-state index in [0.717, 1.165) is 0 Å². The quantitative estimate of drug-likeness (QED) is 0.765. The van der Waals surface area contributed by atoms with E-state index < -0.39 is 11.5 Å². The first-order chi connectivity index (χ1) is 7.61. The van der Waals surface area contributed by atoms with Crippen LogP contribution in [0.1, 0.15) is 41.5 Å². The van der Waals surface area contributed by atoms with E-state index in [1.807, 2.05) is 34.6 Å². The number of carbonyl (C=O) groups excluding carboxylic acids is 2. The van der Waals surface area contributed by atoms with Crippen molar-refractivity contribution in [1.82, 2.24) is 10.6 Å².